The largest absolute Gasteiger partial charge is 0.479 e. The van der Waals surface area contributed by atoms with Crippen LogP contribution in [0.1, 0.15) is 6.92 Å². The van der Waals surface area contributed by atoms with Crippen molar-refractivity contribution in [3.05, 3.63) is 47.6 Å². The van der Waals surface area contributed by atoms with Crippen molar-refractivity contribution in [2.75, 3.05) is 31.1 Å². The molecule has 1 fully saturated rings. The molecule has 0 radical (unpaired) electrons. The fourth-order valence-electron chi connectivity index (χ4n) is 3.05. The molecule has 1 aromatic carbocycles. The third-order valence-electron chi connectivity index (χ3n) is 4.51. The van der Waals surface area contributed by atoms with Crippen molar-refractivity contribution in [1.82, 2.24) is 14.9 Å². The lowest BCUT2D eigenvalue weighted by Crippen LogP contribution is -2.52. The van der Waals surface area contributed by atoms with E-state index in [2.05, 4.69) is 14.9 Å². The summed E-state index contributed by atoms with van der Waals surface area (Å²) in [5, 5.41) is 1.46. The zero-order valence-electron chi connectivity index (χ0n) is 14.8. The van der Waals surface area contributed by atoms with E-state index in [-0.39, 0.29) is 5.91 Å². The van der Waals surface area contributed by atoms with Crippen molar-refractivity contribution in [2.45, 2.75) is 13.0 Å². The summed E-state index contributed by atoms with van der Waals surface area (Å²) in [6.45, 7) is 4.52. The van der Waals surface area contributed by atoms with Gasteiger partial charge in [0.05, 0.1) is 5.02 Å². The molecule has 0 aliphatic carbocycles. The number of pyridine rings is 1. The predicted molar refractivity (Wildman–Crippen MR) is 108 cm³/mol. The van der Waals surface area contributed by atoms with Gasteiger partial charge >= 0.3 is 0 Å². The minimum absolute atomic E-state index is 0.0273. The molecule has 2 aromatic heterocycles. The van der Waals surface area contributed by atoms with E-state index in [1.165, 1.54) is 0 Å². The number of piperazine rings is 1. The number of fused-ring (bicyclic) bond motifs is 1. The minimum Gasteiger partial charge on any atom is -0.479 e. The standard InChI is InChI=1S/C19H19ClN4O2S/c1-13(26-16-7-3-2-5-14(16)20)18(25)23-9-11-24(12-10-23)19-22-15-6-4-8-21-17(15)27-19/h2-8,13H,9-12H2,1H3. The number of rotatable bonds is 4. The van der Waals surface area contributed by atoms with Crippen molar-refractivity contribution in [3.8, 4) is 5.75 Å². The van der Waals surface area contributed by atoms with Crippen LogP contribution in [0.25, 0.3) is 10.3 Å². The van der Waals surface area contributed by atoms with Crippen LogP contribution < -0.4 is 9.64 Å². The van der Waals surface area contributed by atoms with Crippen LogP contribution in [-0.4, -0.2) is 53.1 Å². The summed E-state index contributed by atoms with van der Waals surface area (Å²) < 4.78 is 5.76. The SMILES string of the molecule is CC(Oc1ccccc1Cl)C(=O)N1CCN(c2nc3cccnc3s2)CC1. The molecule has 1 aliphatic rings. The summed E-state index contributed by atoms with van der Waals surface area (Å²) >= 11 is 7.70. The molecule has 0 saturated carbocycles. The fourth-order valence-corrected chi connectivity index (χ4v) is 4.19. The number of aromatic nitrogens is 2. The van der Waals surface area contributed by atoms with Crippen LogP contribution in [-0.2, 0) is 4.79 Å². The van der Waals surface area contributed by atoms with Crippen LogP contribution in [0.5, 0.6) is 5.75 Å². The normalized spacial score (nSPS) is 15.8. The van der Waals surface area contributed by atoms with Gasteiger partial charge in [-0.3, -0.25) is 4.79 Å². The summed E-state index contributed by atoms with van der Waals surface area (Å²) in [5.74, 6) is 0.501. The molecule has 140 valence electrons. The lowest BCUT2D eigenvalue weighted by molar-refractivity contribution is -0.138. The highest BCUT2D eigenvalue weighted by molar-refractivity contribution is 7.21. The van der Waals surface area contributed by atoms with Crippen molar-refractivity contribution in [2.24, 2.45) is 0 Å². The smallest absolute Gasteiger partial charge is 0.263 e. The maximum absolute atomic E-state index is 12.7. The van der Waals surface area contributed by atoms with E-state index in [9.17, 15) is 4.79 Å². The van der Waals surface area contributed by atoms with Gasteiger partial charge in [-0.1, -0.05) is 35.1 Å². The lowest BCUT2D eigenvalue weighted by atomic mass is 10.2. The van der Waals surface area contributed by atoms with Crippen LogP contribution in [0.2, 0.25) is 5.02 Å². The number of amides is 1. The highest BCUT2D eigenvalue weighted by atomic mass is 35.5. The number of thiazole rings is 1. The molecule has 1 saturated heterocycles. The Kier molecular flexibility index (Phi) is 5.13. The number of hydrogen-bond donors (Lipinski definition) is 0. The quantitative estimate of drug-likeness (QED) is 0.668. The second-order valence-corrected chi connectivity index (χ2v) is 7.69. The molecule has 3 heterocycles. The Balaban J connectivity index is 1.36. The average Bonchev–Trinajstić information content (AvgIpc) is 3.13. The maximum atomic E-state index is 12.7. The molecule has 0 spiro atoms. The van der Waals surface area contributed by atoms with E-state index >= 15 is 0 Å². The summed E-state index contributed by atoms with van der Waals surface area (Å²) in [5.41, 5.74) is 0.915. The number of halogens is 1. The summed E-state index contributed by atoms with van der Waals surface area (Å²) in [7, 11) is 0. The highest BCUT2D eigenvalue weighted by Gasteiger charge is 2.27. The van der Waals surface area contributed by atoms with E-state index in [1.807, 2.05) is 29.2 Å². The molecule has 8 heteroatoms. The maximum Gasteiger partial charge on any atom is 0.263 e. The summed E-state index contributed by atoms with van der Waals surface area (Å²) in [6.07, 6.45) is 1.20. The second-order valence-electron chi connectivity index (χ2n) is 6.33. The number of hydrogen-bond acceptors (Lipinski definition) is 6. The molecule has 1 amide bonds. The Morgan fingerprint density at radius 3 is 2.70 bits per heavy atom. The van der Waals surface area contributed by atoms with Gasteiger partial charge < -0.3 is 14.5 Å². The third-order valence-corrected chi connectivity index (χ3v) is 5.86. The first kappa shape index (κ1) is 18.0. The van der Waals surface area contributed by atoms with Gasteiger partial charge in [-0.25, -0.2) is 9.97 Å². The number of nitrogens with zero attached hydrogens (tertiary/aromatic N) is 4. The number of anilines is 1. The van der Waals surface area contributed by atoms with Crippen LogP contribution in [0, 0.1) is 0 Å². The molecular formula is C19H19ClN4O2S. The molecule has 1 unspecified atom stereocenters. The van der Waals surface area contributed by atoms with Gasteiger partial charge in [-0.05, 0) is 31.2 Å². The van der Waals surface area contributed by atoms with Gasteiger partial charge in [0.2, 0.25) is 0 Å². The first-order chi connectivity index (χ1) is 13.1. The van der Waals surface area contributed by atoms with Gasteiger partial charge in [-0.2, -0.15) is 0 Å². The topological polar surface area (TPSA) is 58.6 Å². The van der Waals surface area contributed by atoms with Gasteiger partial charge in [0.25, 0.3) is 5.91 Å². The zero-order valence-corrected chi connectivity index (χ0v) is 16.4. The Morgan fingerprint density at radius 1 is 1.19 bits per heavy atom. The zero-order chi connectivity index (χ0) is 18.8. The number of benzene rings is 1. The Hall–Kier alpha value is -2.38. The predicted octanol–water partition coefficient (Wildman–Crippen LogP) is 3.46. The van der Waals surface area contributed by atoms with E-state index < -0.39 is 6.10 Å². The first-order valence-corrected chi connectivity index (χ1v) is 9.98. The number of carbonyl (C=O) groups excluding carboxylic acids is 1. The lowest BCUT2D eigenvalue weighted by Gasteiger charge is -2.35. The van der Waals surface area contributed by atoms with Crippen molar-refractivity contribution < 1.29 is 9.53 Å². The van der Waals surface area contributed by atoms with E-state index in [0.29, 0.717) is 23.9 Å². The molecule has 0 bridgehead atoms. The van der Waals surface area contributed by atoms with Gasteiger partial charge in [0.1, 0.15) is 16.1 Å². The van der Waals surface area contributed by atoms with Crippen LogP contribution in [0.4, 0.5) is 5.13 Å². The molecular weight excluding hydrogens is 384 g/mol. The Labute approximate surface area is 166 Å². The fraction of sp³-hybridized carbons (Fsp3) is 0.316. The average molecular weight is 403 g/mol. The summed E-state index contributed by atoms with van der Waals surface area (Å²) in [6, 6.07) is 11.0. The highest BCUT2D eigenvalue weighted by Crippen LogP contribution is 2.28. The number of carbonyl (C=O) groups is 1. The Bertz CT molecular complexity index is 923. The van der Waals surface area contributed by atoms with E-state index in [1.54, 1.807) is 36.6 Å². The molecule has 1 aliphatic heterocycles. The van der Waals surface area contributed by atoms with Crippen LogP contribution in [0.15, 0.2) is 42.6 Å². The molecule has 3 aromatic rings. The first-order valence-electron chi connectivity index (χ1n) is 8.78. The van der Waals surface area contributed by atoms with Crippen molar-refractivity contribution >= 4 is 44.3 Å². The van der Waals surface area contributed by atoms with Crippen LogP contribution in [0.3, 0.4) is 0 Å². The second kappa shape index (κ2) is 7.70. The van der Waals surface area contributed by atoms with Crippen LogP contribution >= 0.6 is 22.9 Å². The van der Waals surface area contributed by atoms with Gasteiger partial charge in [-0.15, -0.1) is 0 Å². The molecule has 1 atom stereocenters. The summed E-state index contributed by atoms with van der Waals surface area (Å²) in [4.78, 5) is 26.7. The van der Waals surface area contributed by atoms with E-state index in [4.69, 9.17) is 16.3 Å². The third kappa shape index (κ3) is 3.84. The van der Waals surface area contributed by atoms with Gasteiger partial charge in [0, 0.05) is 32.4 Å². The van der Waals surface area contributed by atoms with Crippen molar-refractivity contribution in [1.29, 1.82) is 0 Å². The molecule has 27 heavy (non-hydrogen) atoms. The Morgan fingerprint density at radius 2 is 1.96 bits per heavy atom. The minimum atomic E-state index is -0.580. The van der Waals surface area contributed by atoms with Crippen molar-refractivity contribution in [3.63, 3.8) is 0 Å². The molecule has 6 nitrogen and oxygen atoms in total. The molecule has 4 rings (SSSR count). The monoisotopic (exact) mass is 402 g/mol. The number of para-hydroxylation sites is 1. The van der Waals surface area contributed by atoms with Gasteiger partial charge in [0.15, 0.2) is 11.2 Å². The molecule has 0 N–H and O–H groups in total. The van der Waals surface area contributed by atoms with E-state index in [0.717, 1.165) is 28.6 Å². The number of ether oxygens (including phenoxy) is 1.